The van der Waals surface area contributed by atoms with Crippen molar-refractivity contribution >= 4 is 39.8 Å². The van der Waals surface area contributed by atoms with Crippen LogP contribution in [0.1, 0.15) is 0 Å². The summed E-state index contributed by atoms with van der Waals surface area (Å²) in [7, 11) is 0. The third kappa shape index (κ3) is 5.42. The van der Waals surface area contributed by atoms with E-state index in [1.807, 2.05) is 12.1 Å². The second kappa shape index (κ2) is 9.72. The predicted octanol–water partition coefficient (Wildman–Crippen LogP) is 2.88. The normalized spacial score (nSPS) is 15.4. The third-order valence-electron chi connectivity index (χ3n) is 3.89. The molecule has 1 aromatic heterocycles. The summed E-state index contributed by atoms with van der Waals surface area (Å²) in [4.78, 5) is 31.3. The number of halogens is 1. The molecule has 26 heavy (non-hydrogen) atoms. The fourth-order valence-corrected chi connectivity index (χ4v) is 2.51. The molecule has 1 aliphatic rings. The maximum atomic E-state index is 12.3. The first kappa shape index (κ1) is 19.7. The number of piperazine rings is 1. The van der Waals surface area contributed by atoms with Gasteiger partial charge in [-0.1, -0.05) is 41.2 Å². The topological polar surface area (TPSA) is 65.5 Å². The molecule has 136 valence electrons. The summed E-state index contributed by atoms with van der Waals surface area (Å²) in [5, 5.41) is 2.80. The van der Waals surface area contributed by atoms with Crippen molar-refractivity contribution in [2.24, 2.45) is 0 Å². The van der Waals surface area contributed by atoms with Crippen LogP contribution < -0.4 is 10.2 Å². The van der Waals surface area contributed by atoms with E-state index in [0.29, 0.717) is 24.4 Å². The summed E-state index contributed by atoms with van der Waals surface area (Å²) < 4.78 is 0.769. The standard InChI is InChI=1S/C19H21BrN4O2/c1-3-15(5-6-16(20)4-2)19(26)22-17-7-8-18(21-13-17)24-11-9-23(14-25)10-12-24/h3-8,13-14H,1-2,9-12H2,(H,22,26)/b15-5+,16-6+. The number of nitrogens with one attached hydrogen (secondary N) is 1. The molecule has 0 aliphatic carbocycles. The Labute approximate surface area is 161 Å². The maximum Gasteiger partial charge on any atom is 0.255 e. The SMILES string of the molecule is C=C/C(Br)=C\C=C(/C=C)C(=O)Nc1ccc(N2CCN(C=O)CC2)nc1. The summed E-state index contributed by atoms with van der Waals surface area (Å²) in [6.45, 7) is 10.1. The first-order chi connectivity index (χ1) is 12.6. The highest BCUT2D eigenvalue weighted by Crippen LogP contribution is 2.17. The van der Waals surface area contributed by atoms with E-state index in [1.54, 1.807) is 29.3 Å². The van der Waals surface area contributed by atoms with Crippen molar-refractivity contribution in [1.29, 1.82) is 0 Å². The molecule has 0 atom stereocenters. The molecule has 2 amide bonds. The molecule has 1 saturated heterocycles. The average Bonchev–Trinajstić information content (AvgIpc) is 2.69. The van der Waals surface area contributed by atoms with Crippen LogP contribution in [0, 0.1) is 0 Å². The van der Waals surface area contributed by atoms with Gasteiger partial charge in [0, 0.05) is 36.2 Å². The Morgan fingerprint density at radius 3 is 2.42 bits per heavy atom. The summed E-state index contributed by atoms with van der Waals surface area (Å²) in [6, 6.07) is 3.67. The van der Waals surface area contributed by atoms with Crippen LogP contribution in [0.15, 0.2) is 65.8 Å². The minimum Gasteiger partial charge on any atom is -0.353 e. The second-order valence-corrected chi connectivity index (χ2v) is 6.49. The summed E-state index contributed by atoms with van der Waals surface area (Å²) in [5.74, 6) is 0.556. The molecule has 0 saturated carbocycles. The number of anilines is 2. The van der Waals surface area contributed by atoms with Gasteiger partial charge in [0.1, 0.15) is 5.82 Å². The molecule has 0 unspecified atom stereocenters. The number of hydrogen-bond donors (Lipinski definition) is 1. The molecule has 1 fully saturated rings. The molecule has 1 aliphatic heterocycles. The van der Waals surface area contributed by atoms with Gasteiger partial charge in [-0.25, -0.2) is 4.98 Å². The van der Waals surface area contributed by atoms with Crippen molar-refractivity contribution in [3.05, 3.63) is 65.8 Å². The zero-order chi connectivity index (χ0) is 18.9. The van der Waals surface area contributed by atoms with Crippen LogP contribution in [0.4, 0.5) is 11.5 Å². The molecule has 0 bridgehead atoms. The summed E-state index contributed by atoms with van der Waals surface area (Å²) in [5.41, 5.74) is 1.03. The highest BCUT2D eigenvalue weighted by molar-refractivity contribution is 9.11. The number of carbonyl (C=O) groups excluding carboxylic acids is 2. The first-order valence-corrected chi connectivity index (χ1v) is 8.90. The average molecular weight is 417 g/mol. The van der Waals surface area contributed by atoms with Gasteiger partial charge in [0.2, 0.25) is 6.41 Å². The van der Waals surface area contributed by atoms with E-state index in [0.717, 1.165) is 29.8 Å². The van der Waals surface area contributed by atoms with E-state index >= 15 is 0 Å². The maximum absolute atomic E-state index is 12.3. The Balaban J connectivity index is 2.00. The lowest BCUT2D eigenvalue weighted by molar-refractivity contribution is -0.118. The Morgan fingerprint density at radius 1 is 1.15 bits per heavy atom. The summed E-state index contributed by atoms with van der Waals surface area (Å²) >= 11 is 3.30. The Kier molecular flexibility index (Phi) is 7.35. The van der Waals surface area contributed by atoms with Crippen molar-refractivity contribution in [3.63, 3.8) is 0 Å². The van der Waals surface area contributed by atoms with Crippen molar-refractivity contribution < 1.29 is 9.59 Å². The Hall–Kier alpha value is -2.67. The van der Waals surface area contributed by atoms with E-state index in [4.69, 9.17) is 0 Å². The number of hydrogen-bond acceptors (Lipinski definition) is 4. The Morgan fingerprint density at radius 2 is 1.88 bits per heavy atom. The summed E-state index contributed by atoms with van der Waals surface area (Å²) in [6.07, 6.45) is 8.99. The molecule has 2 heterocycles. The molecule has 0 aromatic carbocycles. The van der Waals surface area contributed by atoms with Gasteiger partial charge < -0.3 is 15.1 Å². The van der Waals surface area contributed by atoms with E-state index in [2.05, 4.69) is 44.3 Å². The van der Waals surface area contributed by atoms with Crippen LogP contribution in [0.2, 0.25) is 0 Å². The quantitative estimate of drug-likeness (QED) is 0.421. The minimum atomic E-state index is -0.269. The number of rotatable bonds is 7. The monoisotopic (exact) mass is 416 g/mol. The molecular formula is C19H21BrN4O2. The number of amides is 2. The van der Waals surface area contributed by atoms with Crippen LogP contribution >= 0.6 is 15.9 Å². The number of allylic oxidation sites excluding steroid dienone is 4. The van der Waals surface area contributed by atoms with Gasteiger partial charge in [-0.05, 0) is 24.3 Å². The van der Waals surface area contributed by atoms with Gasteiger partial charge >= 0.3 is 0 Å². The van der Waals surface area contributed by atoms with Crippen LogP contribution in [0.3, 0.4) is 0 Å². The molecule has 1 N–H and O–H groups in total. The fourth-order valence-electron chi connectivity index (χ4n) is 2.38. The fraction of sp³-hybridized carbons (Fsp3) is 0.211. The van der Waals surface area contributed by atoms with Crippen LogP contribution in [-0.2, 0) is 9.59 Å². The van der Waals surface area contributed by atoms with Crippen molar-refractivity contribution in [1.82, 2.24) is 9.88 Å². The lowest BCUT2D eigenvalue weighted by atomic mass is 10.2. The number of aromatic nitrogens is 1. The zero-order valence-electron chi connectivity index (χ0n) is 14.4. The number of carbonyl (C=O) groups is 2. The molecule has 0 radical (unpaired) electrons. The van der Waals surface area contributed by atoms with Gasteiger partial charge in [0.25, 0.3) is 5.91 Å². The molecule has 0 spiro atoms. The zero-order valence-corrected chi connectivity index (χ0v) is 16.0. The highest BCUT2D eigenvalue weighted by Gasteiger charge is 2.16. The van der Waals surface area contributed by atoms with E-state index < -0.39 is 0 Å². The largest absolute Gasteiger partial charge is 0.353 e. The van der Waals surface area contributed by atoms with E-state index in [1.165, 1.54) is 6.08 Å². The van der Waals surface area contributed by atoms with Crippen LogP contribution in [0.25, 0.3) is 0 Å². The van der Waals surface area contributed by atoms with Gasteiger partial charge in [0.15, 0.2) is 0 Å². The lowest BCUT2D eigenvalue weighted by Gasteiger charge is -2.33. The second-order valence-electron chi connectivity index (χ2n) is 5.57. The van der Waals surface area contributed by atoms with Crippen LogP contribution in [0.5, 0.6) is 0 Å². The van der Waals surface area contributed by atoms with Gasteiger partial charge in [0.05, 0.1) is 11.9 Å². The van der Waals surface area contributed by atoms with E-state index in [9.17, 15) is 9.59 Å². The third-order valence-corrected chi connectivity index (χ3v) is 4.48. The number of pyridine rings is 1. The molecule has 6 nitrogen and oxygen atoms in total. The molecule has 7 heteroatoms. The smallest absolute Gasteiger partial charge is 0.255 e. The van der Waals surface area contributed by atoms with Gasteiger partial charge in [-0.2, -0.15) is 0 Å². The molecule has 1 aromatic rings. The number of nitrogens with zero attached hydrogens (tertiary/aromatic N) is 3. The van der Waals surface area contributed by atoms with Crippen LogP contribution in [-0.4, -0.2) is 48.4 Å². The predicted molar refractivity (Wildman–Crippen MR) is 108 cm³/mol. The van der Waals surface area contributed by atoms with Gasteiger partial charge in [-0.15, -0.1) is 0 Å². The molecular weight excluding hydrogens is 396 g/mol. The minimum absolute atomic E-state index is 0.269. The van der Waals surface area contributed by atoms with E-state index in [-0.39, 0.29) is 5.91 Å². The van der Waals surface area contributed by atoms with Crippen molar-refractivity contribution in [2.45, 2.75) is 0 Å². The van der Waals surface area contributed by atoms with Crippen molar-refractivity contribution in [3.8, 4) is 0 Å². The molecule has 2 rings (SSSR count). The first-order valence-electron chi connectivity index (χ1n) is 8.11. The van der Waals surface area contributed by atoms with Crippen molar-refractivity contribution in [2.75, 3.05) is 36.4 Å². The lowest BCUT2D eigenvalue weighted by Crippen LogP contribution is -2.46. The Bertz CT molecular complexity index is 732. The highest BCUT2D eigenvalue weighted by atomic mass is 79.9. The van der Waals surface area contributed by atoms with Gasteiger partial charge in [-0.3, -0.25) is 9.59 Å².